The van der Waals surface area contributed by atoms with E-state index in [4.69, 9.17) is 14.7 Å². The van der Waals surface area contributed by atoms with Gasteiger partial charge in [-0.2, -0.15) is 5.26 Å². The third-order valence-corrected chi connectivity index (χ3v) is 2.93. The van der Waals surface area contributed by atoms with Crippen molar-refractivity contribution in [1.82, 2.24) is 5.32 Å². The Hall–Kier alpha value is -1.41. The van der Waals surface area contributed by atoms with Crippen LogP contribution in [0.25, 0.3) is 0 Å². The number of nitrogens with zero attached hydrogens (tertiary/aromatic N) is 1. The summed E-state index contributed by atoms with van der Waals surface area (Å²) in [5, 5.41) is 12.3. The van der Waals surface area contributed by atoms with Crippen molar-refractivity contribution in [3.63, 3.8) is 0 Å². The number of ether oxygens (including phenoxy) is 2. The third-order valence-electron chi connectivity index (χ3n) is 2.93. The van der Waals surface area contributed by atoms with Crippen LogP contribution in [0, 0.1) is 11.3 Å². The Bertz CT molecular complexity index is 428. The molecular formula is C14H18N2O2. The number of benzene rings is 1. The highest BCUT2D eigenvalue weighted by Crippen LogP contribution is 2.10. The number of morpholine rings is 1. The van der Waals surface area contributed by atoms with E-state index in [1.54, 1.807) is 6.07 Å². The van der Waals surface area contributed by atoms with Crippen LogP contribution in [-0.2, 0) is 16.1 Å². The lowest BCUT2D eigenvalue weighted by Gasteiger charge is -2.28. The average Bonchev–Trinajstić information content (AvgIpc) is 2.39. The minimum absolute atomic E-state index is 0.1000. The molecule has 1 saturated heterocycles. The number of hydrogen-bond donors (Lipinski definition) is 1. The molecule has 0 saturated carbocycles. The quantitative estimate of drug-likeness (QED) is 0.873. The Morgan fingerprint density at radius 3 is 3.06 bits per heavy atom. The second-order valence-corrected chi connectivity index (χ2v) is 4.51. The summed E-state index contributed by atoms with van der Waals surface area (Å²) >= 11 is 0. The van der Waals surface area contributed by atoms with Crippen LogP contribution in [0.2, 0.25) is 0 Å². The minimum Gasteiger partial charge on any atom is -0.374 e. The van der Waals surface area contributed by atoms with Crippen LogP contribution >= 0.6 is 0 Å². The highest BCUT2D eigenvalue weighted by molar-refractivity contribution is 5.36. The molecule has 1 heterocycles. The van der Waals surface area contributed by atoms with Crippen LogP contribution in [0.4, 0.5) is 0 Å². The van der Waals surface area contributed by atoms with Crippen LogP contribution in [0.5, 0.6) is 0 Å². The van der Waals surface area contributed by atoms with Gasteiger partial charge >= 0.3 is 0 Å². The first-order valence-corrected chi connectivity index (χ1v) is 6.21. The zero-order valence-electron chi connectivity index (χ0n) is 10.6. The van der Waals surface area contributed by atoms with Crippen molar-refractivity contribution in [2.75, 3.05) is 19.7 Å². The summed E-state index contributed by atoms with van der Waals surface area (Å²) in [4.78, 5) is 0. The number of hydrogen-bond acceptors (Lipinski definition) is 4. The van der Waals surface area contributed by atoms with Crippen LogP contribution in [0.15, 0.2) is 24.3 Å². The zero-order valence-corrected chi connectivity index (χ0v) is 10.6. The molecule has 0 radical (unpaired) electrons. The molecule has 2 unspecified atom stereocenters. The van der Waals surface area contributed by atoms with Crippen molar-refractivity contribution < 1.29 is 9.47 Å². The first-order chi connectivity index (χ1) is 8.79. The molecule has 4 heteroatoms. The number of rotatable bonds is 4. The van der Waals surface area contributed by atoms with E-state index in [0.717, 1.165) is 18.7 Å². The molecule has 0 aromatic heterocycles. The van der Waals surface area contributed by atoms with Gasteiger partial charge in [0.05, 0.1) is 37.1 Å². The summed E-state index contributed by atoms with van der Waals surface area (Å²) in [6.07, 6.45) is 0.335. The zero-order chi connectivity index (χ0) is 12.8. The molecule has 0 spiro atoms. The lowest BCUT2D eigenvalue weighted by atomic mass is 10.1. The van der Waals surface area contributed by atoms with Gasteiger partial charge < -0.3 is 14.8 Å². The summed E-state index contributed by atoms with van der Waals surface area (Å²) in [7, 11) is 0. The smallest absolute Gasteiger partial charge is 0.0995 e. The lowest BCUT2D eigenvalue weighted by Crippen LogP contribution is -2.45. The Morgan fingerprint density at radius 2 is 2.28 bits per heavy atom. The fourth-order valence-corrected chi connectivity index (χ4v) is 2.03. The molecule has 96 valence electrons. The van der Waals surface area contributed by atoms with E-state index in [1.165, 1.54) is 0 Å². The predicted octanol–water partition coefficient (Wildman–Crippen LogP) is 1.45. The first kappa shape index (κ1) is 13.0. The Labute approximate surface area is 108 Å². The van der Waals surface area contributed by atoms with Gasteiger partial charge in [0.2, 0.25) is 0 Å². The van der Waals surface area contributed by atoms with Crippen molar-refractivity contribution in [3.8, 4) is 6.07 Å². The maximum Gasteiger partial charge on any atom is 0.0995 e. The van der Waals surface area contributed by atoms with Crippen molar-refractivity contribution in [2.45, 2.75) is 25.7 Å². The monoisotopic (exact) mass is 246 g/mol. The van der Waals surface area contributed by atoms with Crippen LogP contribution in [0.1, 0.15) is 18.1 Å². The third kappa shape index (κ3) is 3.54. The van der Waals surface area contributed by atoms with Crippen molar-refractivity contribution >= 4 is 0 Å². The highest BCUT2D eigenvalue weighted by Gasteiger charge is 2.18. The Balaban J connectivity index is 1.80. The van der Waals surface area contributed by atoms with Crippen molar-refractivity contribution in [1.29, 1.82) is 5.26 Å². The summed E-state index contributed by atoms with van der Waals surface area (Å²) in [5.74, 6) is 0. The van der Waals surface area contributed by atoms with Gasteiger partial charge in [-0.1, -0.05) is 18.2 Å². The van der Waals surface area contributed by atoms with Gasteiger partial charge in [-0.3, -0.25) is 0 Å². The molecule has 1 N–H and O–H groups in total. The Morgan fingerprint density at radius 1 is 1.44 bits per heavy atom. The topological polar surface area (TPSA) is 54.3 Å². The van der Waals surface area contributed by atoms with E-state index in [1.807, 2.05) is 25.1 Å². The van der Waals surface area contributed by atoms with Gasteiger partial charge in [0.15, 0.2) is 0 Å². The summed E-state index contributed by atoms with van der Waals surface area (Å²) in [6, 6.07) is 9.67. The predicted molar refractivity (Wildman–Crippen MR) is 68.0 cm³/mol. The van der Waals surface area contributed by atoms with Gasteiger partial charge in [0.25, 0.3) is 0 Å². The minimum atomic E-state index is 0.1000. The van der Waals surface area contributed by atoms with E-state index in [2.05, 4.69) is 11.4 Å². The SMILES string of the molecule is CC1CNCC(COCc2ccccc2C#N)O1. The second-order valence-electron chi connectivity index (χ2n) is 4.51. The highest BCUT2D eigenvalue weighted by atomic mass is 16.5. The molecule has 4 nitrogen and oxygen atoms in total. The maximum atomic E-state index is 8.96. The normalized spacial score (nSPS) is 23.6. The molecule has 1 aromatic rings. The van der Waals surface area contributed by atoms with E-state index in [0.29, 0.717) is 18.8 Å². The first-order valence-electron chi connectivity index (χ1n) is 6.21. The Kier molecular flexibility index (Phi) is 4.71. The van der Waals surface area contributed by atoms with Gasteiger partial charge in [-0.05, 0) is 18.6 Å². The molecule has 0 bridgehead atoms. The maximum absolute atomic E-state index is 8.96. The molecule has 1 aromatic carbocycles. The summed E-state index contributed by atoms with van der Waals surface area (Å²) in [6.45, 7) is 4.78. The van der Waals surface area contributed by atoms with Crippen LogP contribution in [-0.4, -0.2) is 31.9 Å². The summed E-state index contributed by atoms with van der Waals surface area (Å²) in [5.41, 5.74) is 1.60. The second kappa shape index (κ2) is 6.50. The van der Waals surface area contributed by atoms with Gasteiger partial charge in [-0.25, -0.2) is 0 Å². The molecule has 0 aliphatic carbocycles. The molecule has 1 aliphatic rings. The van der Waals surface area contributed by atoms with Crippen molar-refractivity contribution in [2.24, 2.45) is 0 Å². The van der Waals surface area contributed by atoms with E-state index < -0.39 is 0 Å². The molecular weight excluding hydrogens is 228 g/mol. The molecule has 1 fully saturated rings. The number of nitriles is 1. The molecule has 1 aliphatic heterocycles. The fraction of sp³-hybridized carbons (Fsp3) is 0.500. The van der Waals surface area contributed by atoms with Gasteiger partial charge in [0.1, 0.15) is 0 Å². The van der Waals surface area contributed by atoms with E-state index in [9.17, 15) is 0 Å². The lowest BCUT2D eigenvalue weighted by molar-refractivity contribution is -0.0716. The molecule has 18 heavy (non-hydrogen) atoms. The van der Waals surface area contributed by atoms with E-state index in [-0.39, 0.29) is 12.2 Å². The molecule has 2 rings (SSSR count). The summed E-state index contributed by atoms with van der Waals surface area (Å²) < 4.78 is 11.4. The van der Waals surface area contributed by atoms with Crippen LogP contribution in [0.3, 0.4) is 0 Å². The van der Waals surface area contributed by atoms with Crippen molar-refractivity contribution in [3.05, 3.63) is 35.4 Å². The fourth-order valence-electron chi connectivity index (χ4n) is 2.03. The number of nitrogens with one attached hydrogen (secondary N) is 1. The molecule has 2 atom stereocenters. The largest absolute Gasteiger partial charge is 0.374 e. The van der Waals surface area contributed by atoms with E-state index >= 15 is 0 Å². The standard InChI is InChI=1S/C14H18N2O2/c1-11-7-16-8-14(18-11)10-17-9-13-5-3-2-4-12(13)6-15/h2-5,11,14,16H,7-10H2,1H3. The average molecular weight is 246 g/mol. The van der Waals surface area contributed by atoms with Crippen LogP contribution < -0.4 is 5.32 Å². The van der Waals surface area contributed by atoms with Gasteiger partial charge in [0, 0.05) is 13.1 Å². The van der Waals surface area contributed by atoms with Gasteiger partial charge in [-0.15, -0.1) is 0 Å². The molecule has 0 amide bonds.